The van der Waals surface area contributed by atoms with Crippen LogP contribution in [-0.4, -0.2) is 10.2 Å². The zero-order chi connectivity index (χ0) is 25.2. The summed E-state index contributed by atoms with van der Waals surface area (Å²) in [6, 6.07) is 23.4. The van der Waals surface area contributed by atoms with Gasteiger partial charge >= 0.3 is 0 Å². The molecule has 4 aromatic carbocycles. The SMILES string of the molecule is Fc1ccc(Cc2ccc(Cl)c3ccc4c(c23)CCC2=C4C=CCC2)cc1.c1ccc2cnncc2c1. The fourth-order valence-electron chi connectivity index (χ4n) is 5.51. The number of allylic oxidation sites excluding steroid dienone is 4. The lowest BCUT2D eigenvalue weighted by Crippen LogP contribution is -2.08. The molecule has 5 aromatic rings. The number of rotatable bonds is 2. The van der Waals surface area contributed by atoms with Gasteiger partial charge in [0.25, 0.3) is 0 Å². The van der Waals surface area contributed by atoms with Crippen molar-refractivity contribution < 1.29 is 4.39 Å². The molecule has 0 unspecified atom stereocenters. The molecule has 0 atom stereocenters. The standard InChI is InChI=1S/C25H20ClF.C8H6N2/c26-24-14-8-18(15-16-5-9-19(27)10-6-16)25-22-11-7-17-3-1-2-4-20(17)21(22)12-13-23(24)25;1-2-4-8-6-10-9-5-7(8)3-1/h2,4-6,8-10,12-14H,1,3,7,11,15H2;1-6H. The summed E-state index contributed by atoms with van der Waals surface area (Å²) >= 11 is 6.56. The topological polar surface area (TPSA) is 25.8 Å². The number of halogens is 2. The van der Waals surface area contributed by atoms with Crippen molar-refractivity contribution in [2.75, 3.05) is 0 Å². The molecule has 1 aromatic heterocycles. The van der Waals surface area contributed by atoms with Crippen molar-refractivity contribution in [2.45, 2.75) is 32.1 Å². The van der Waals surface area contributed by atoms with Crippen LogP contribution >= 0.6 is 11.6 Å². The number of aromatic nitrogens is 2. The van der Waals surface area contributed by atoms with Crippen LogP contribution in [0, 0.1) is 5.82 Å². The van der Waals surface area contributed by atoms with Gasteiger partial charge in [0.15, 0.2) is 0 Å². The van der Waals surface area contributed by atoms with Crippen molar-refractivity contribution >= 4 is 38.7 Å². The highest BCUT2D eigenvalue weighted by atomic mass is 35.5. The lowest BCUT2D eigenvalue weighted by molar-refractivity contribution is 0.627. The Morgan fingerprint density at radius 1 is 0.784 bits per heavy atom. The minimum absolute atomic E-state index is 0.194. The average Bonchev–Trinajstić information content (AvgIpc) is 2.95. The number of benzene rings is 4. The zero-order valence-electron chi connectivity index (χ0n) is 20.4. The molecule has 0 aliphatic heterocycles. The second kappa shape index (κ2) is 10.3. The molecule has 1 heterocycles. The van der Waals surface area contributed by atoms with Gasteiger partial charge in [-0.15, -0.1) is 0 Å². The monoisotopic (exact) mass is 504 g/mol. The Hall–Kier alpha value is -3.82. The van der Waals surface area contributed by atoms with Crippen LogP contribution in [-0.2, 0) is 12.8 Å². The molecule has 0 saturated carbocycles. The molecule has 0 bridgehead atoms. The predicted octanol–water partition coefficient (Wildman–Crippen LogP) is 8.90. The molecule has 2 nitrogen and oxygen atoms in total. The van der Waals surface area contributed by atoms with Gasteiger partial charge in [-0.05, 0) is 83.5 Å². The molecular formula is C33H26ClFN2. The van der Waals surface area contributed by atoms with Crippen molar-refractivity contribution in [3.05, 3.63) is 136 Å². The van der Waals surface area contributed by atoms with Gasteiger partial charge in [0, 0.05) is 21.2 Å². The number of hydrogen-bond acceptors (Lipinski definition) is 2. The zero-order valence-corrected chi connectivity index (χ0v) is 21.2. The van der Waals surface area contributed by atoms with E-state index in [0.29, 0.717) is 0 Å². The highest BCUT2D eigenvalue weighted by Gasteiger charge is 2.22. The largest absolute Gasteiger partial charge is 0.207 e. The molecule has 37 heavy (non-hydrogen) atoms. The van der Waals surface area contributed by atoms with E-state index in [4.69, 9.17) is 11.6 Å². The summed E-state index contributed by atoms with van der Waals surface area (Å²) in [6.45, 7) is 0. The van der Waals surface area contributed by atoms with Crippen LogP contribution in [0.2, 0.25) is 5.02 Å². The maximum atomic E-state index is 13.3. The van der Waals surface area contributed by atoms with Crippen LogP contribution in [0.15, 0.2) is 103 Å². The summed E-state index contributed by atoms with van der Waals surface area (Å²) in [7, 11) is 0. The Bertz CT molecular complexity index is 1600. The fourth-order valence-corrected chi connectivity index (χ4v) is 5.73. The van der Waals surface area contributed by atoms with Gasteiger partial charge in [0.05, 0.1) is 12.4 Å². The molecule has 0 spiro atoms. The predicted molar refractivity (Wildman–Crippen MR) is 151 cm³/mol. The Kier molecular flexibility index (Phi) is 6.55. The fraction of sp³-hybridized carbons (Fsp3) is 0.152. The summed E-state index contributed by atoms with van der Waals surface area (Å²) in [6.07, 6.45) is 13.4. The summed E-state index contributed by atoms with van der Waals surface area (Å²) in [5, 5.41) is 13.0. The quantitative estimate of drug-likeness (QED) is 0.240. The van der Waals surface area contributed by atoms with Crippen molar-refractivity contribution in [1.29, 1.82) is 0 Å². The summed E-state index contributed by atoms with van der Waals surface area (Å²) in [4.78, 5) is 0. The molecule has 2 aliphatic rings. The summed E-state index contributed by atoms with van der Waals surface area (Å²) in [5.41, 5.74) is 8.16. The van der Waals surface area contributed by atoms with E-state index in [0.717, 1.165) is 52.4 Å². The summed E-state index contributed by atoms with van der Waals surface area (Å²) < 4.78 is 13.3. The third-order valence-electron chi connectivity index (χ3n) is 7.33. The van der Waals surface area contributed by atoms with Crippen molar-refractivity contribution in [3.63, 3.8) is 0 Å². The third kappa shape index (κ3) is 4.80. The highest BCUT2D eigenvalue weighted by Crippen LogP contribution is 2.42. The van der Waals surface area contributed by atoms with E-state index in [1.165, 1.54) is 46.2 Å². The van der Waals surface area contributed by atoms with Gasteiger partial charge in [0.1, 0.15) is 5.82 Å². The third-order valence-corrected chi connectivity index (χ3v) is 7.66. The number of nitrogens with zero attached hydrogens (tertiary/aromatic N) is 2. The van der Waals surface area contributed by atoms with Crippen LogP contribution < -0.4 is 0 Å². The van der Waals surface area contributed by atoms with E-state index in [-0.39, 0.29) is 5.82 Å². The lowest BCUT2D eigenvalue weighted by Gasteiger charge is -2.26. The van der Waals surface area contributed by atoms with Crippen molar-refractivity contribution in [3.8, 4) is 0 Å². The maximum Gasteiger partial charge on any atom is 0.123 e. The Balaban J connectivity index is 0.000000210. The van der Waals surface area contributed by atoms with Gasteiger partial charge in [-0.3, -0.25) is 0 Å². The van der Waals surface area contributed by atoms with Crippen LogP contribution in [0.1, 0.15) is 41.5 Å². The van der Waals surface area contributed by atoms with E-state index >= 15 is 0 Å². The molecule has 0 amide bonds. The molecule has 0 fully saturated rings. The molecule has 0 N–H and O–H groups in total. The minimum atomic E-state index is -0.194. The molecule has 2 aliphatic carbocycles. The van der Waals surface area contributed by atoms with Crippen LogP contribution in [0.5, 0.6) is 0 Å². The minimum Gasteiger partial charge on any atom is -0.207 e. The first kappa shape index (κ1) is 23.6. The first-order valence-electron chi connectivity index (χ1n) is 12.7. The lowest BCUT2D eigenvalue weighted by atomic mass is 9.78. The van der Waals surface area contributed by atoms with Gasteiger partial charge in [-0.2, -0.15) is 10.2 Å². The van der Waals surface area contributed by atoms with Crippen LogP contribution in [0.3, 0.4) is 0 Å². The first-order valence-corrected chi connectivity index (χ1v) is 13.1. The number of hydrogen-bond donors (Lipinski definition) is 0. The molecule has 0 radical (unpaired) electrons. The Labute approximate surface area is 221 Å². The van der Waals surface area contributed by atoms with Crippen molar-refractivity contribution in [1.82, 2.24) is 10.2 Å². The van der Waals surface area contributed by atoms with Crippen molar-refractivity contribution in [2.24, 2.45) is 0 Å². The number of aryl methyl sites for hydroxylation is 1. The van der Waals surface area contributed by atoms with E-state index in [1.807, 2.05) is 42.5 Å². The smallest absolute Gasteiger partial charge is 0.123 e. The normalized spacial score (nSPS) is 14.2. The second-order valence-corrected chi connectivity index (χ2v) is 10.0. The van der Waals surface area contributed by atoms with Crippen LogP contribution in [0.4, 0.5) is 4.39 Å². The van der Waals surface area contributed by atoms with E-state index in [2.05, 4.69) is 40.5 Å². The van der Waals surface area contributed by atoms with Gasteiger partial charge in [-0.1, -0.05) is 83.9 Å². The molecule has 7 rings (SSSR count). The Morgan fingerprint density at radius 2 is 1.54 bits per heavy atom. The second-order valence-electron chi connectivity index (χ2n) is 9.60. The molecule has 182 valence electrons. The average molecular weight is 505 g/mol. The molecular weight excluding hydrogens is 479 g/mol. The van der Waals surface area contributed by atoms with E-state index < -0.39 is 0 Å². The maximum absolute atomic E-state index is 13.3. The van der Waals surface area contributed by atoms with Crippen LogP contribution in [0.25, 0.3) is 27.1 Å². The van der Waals surface area contributed by atoms with E-state index in [1.54, 1.807) is 18.0 Å². The van der Waals surface area contributed by atoms with Gasteiger partial charge in [0.2, 0.25) is 0 Å². The number of fused-ring (bicyclic) bond motifs is 5. The molecule has 4 heteroatoms. The van der Waals surface area contributed by atoms with Gasteiger partial charge < -0.3 is 0 Å². The Morgan fingerprint density at radius 3 is 2.30 bits per heavy atom. The highest BCUT2D eigenvalue weighted by molar-refractivity contribution is 6.35. The summed E-state index contributed by atoms with van der Waals surface area (Å²) in [5.74, 6) is -0.194. The molecule has 0 saturated heterocycles. The van der Waals surface area contributed by atoms with Gasteiger partial charge in [-0.25, -0.2) is 4.39 Å². The first-order chi connectivity index (χ1) is 18.2. The van der Waals surface area contributed by atoms with E-state index in [9.17, 15) is 4.39 Å².